The Bertz CT molecular complexity index is 551. The largest absolute Gasteiger partial charge is 0.308 e. The van der Waals surface area contributed by atoms with Crippen LogP contribution in [-0.4, -0.2) is 9.78 Å². The summed E-state index contributed by atoms with van der Waals surface area (Å²) in [6.45, 7) is 4.90. The fourth-order valence-corrected chi connectivity index (χ4v) is 1.98. The lowest BCUT2D eigenvalue weighted by Gasteiger charge is -2.06. The molecule has 0 unspecified atom stereocenters. The first-order valence-corrected chi connectivity index (χ1v) is 6.28. The third-order valence-corrected chi connectivity index (χ3v) is 3.27. The predicted molar refractivity (Wildman–Crippen MR) is 73.3 cm³/mol. The second-order valence-corrected chi connectivity index (χ2v) is 4.70. The van der Waals surface area contributed by atoms with Crippen LogP contribution in [0, 0.1) is 5.82 Å². The zero-order valence-electron chi connectivity index (χ0n) is 9.74. The van der Waals surface area contributed by atoms with Crippen molar-refractivity contribution in [1.29, 1.82) is 0 Å². The number of hydrogen-bond donors (Lipinski definition) is 1. The SMILES string of the molecule is C=Cn1cc(CNCc2cc(F)ccc2Br)cn1. The Morgan fingerprint density at radius 1 is 1.44 bits per heavy atom. The van der Waals surface area contributed by atoms with E-state index in [-0.39, 0.29) is 5.82 Å². The minimum Gasteiger partial charge on any atom is -0.308 e. The molecule has 0 atom stereocenters. The quantitative estimate of drug-likeness (QED) is 0.919. The van der Waals surface area contributed by atoms with Crippen molar-refractivity contribution < 1.29 is 4.39 Å². The lowest BCUT2D eigenvalue weighted by Crippen LogP contribution is -2.12. The number of hydrogen-bond acceptors (Lipinski definition) is 2. The molecule has 0 fully saturated rings. The van der Waals surface area contributed by atoms with Gasteiger partial charge in [-0.05, 0) is 23.8 Å². The molecule has 1 aromatic carbocycles. The fraction of sp³-hybridized carbons (Fsp3) is 0.154. The third-order valence-electron chi connectivity index (χ3n) is 2.49. The average Bonchev–Trinajstić information content (AvgIpc) is 2.81. The molecule has 0 spiro atoms. The van der Waals surface area contributed by atoms with E-state index in [1.54, 1.807) is 23.1 Å². The fourth-order valence-electron chi connectivity index (χ4n) is 1.59. The highest BCUT2D eigenvalue weighted by molar-refractivity contribution is 9.10. The van der Waals surface area contributed by atoms with Crippen molar-refractivity contribution in [2.45, 2.75) is 13.1 Å². The second kappa shape index (κ2) is 5.93. The van der Waals surface area contributed by atoms with E-state index in [2.05, 4.69) is 32.9 Å². The van der Waals surface area contributed by atoms with E-state index in [4.69, 9.17) is 0 Å². The van der Waals surface area contributed by atoms with Gasteiger partial charge in [0.05, 0.1) is 6.20 Å². The van der Waals surface area contributed by atoms with Crippen molar-refractivity contribution in [3.05, 3.63) is 58.6 Å². The second-order valence-electron chi connectivity index (χ2n) is 3.85. The molecule has 1 N–H and O–H groups in total. The maximum Gasteiger partial charge on any atom is 0.123 e. The van der Waals surface area contributed by atoms with E-state index in [0.29, 0.717) is 13.1 Å². The van der Waals surface area contributed by atoms with Gasteiger partial charge in [0.1, 0.15) is 5.82 Å². The molecule has 0 aliphatic carbocycles. The van der Waals surface area contributed by atoms with Gasteiger partial charge in [0.15, 0.2) is 0 Å². The van der Waals surface area contributed by atoms with Crippen LogP contribution >= 0.6 is 15.9 Å². The first-order chi connectivity index (χ1) is 8.69. The summed E-state index contributed by atoms with van der Waals surface area (Å²) in [5.41, 5.74) is 1.95. The van der Waals surface area contributed by atoms with Crippen LogP contribution in [0.5, 0.6) is 0 Å². The van der Waals surface area contributed by atoms with Crippen LogP contribution in [0.1, 0.15) is 11.1 Å². The van der Waals surface area contributed by atoms with E-state index in [9.17, 15) is 4.39 Å². The Hall–Kier alpha value is -1.46. The molecule has 0 radical (unpaired) electrons. The highest BCUT2D eigenvalue weighted by atomic mass is 79.9. The molecule has 2 aromatic rings. The molecule has 0 aliphatic rings. The van der Waals surface area contributed by atoms with E-state index < -0.39 is 0 Å². The van der Waals surface area contributed by atoms with Gasteiger partial charge in [0, 0.05) is 35.5 Å². The predicted octanol–water partition coefficient (Wildman–Crippen LogP) is 3.18. The van der Waals surface area contributed by atoms with Crippen molar-refractivity contribution in [3.8, 4) is 0 Å². The minimum absolute atomic E-state index is 0.227. The molecule has 1 heterocycles. The molecular weight excluding hydrogens is 297 g/mol. The molecule has 5 heteroatoms. The summed E-state index contributed by atoms with van der Waals surface area (Å²) in [4.78, 5) is 0. The molecule has 94 valence electrons. The highest BCUT2D eigenvalue weighted by Gasteiger charge is 2.02. The van der Waals surface area contributed by atoms with Crippen molar-refractivity contribution in [2.75, 3.05) is 0 Å². The summed E-state index contributed by atoms with van der Waals surface area (Å²) in [6, 6.07) is 4.66. The number of halogens is 2. The average molecular weight is 310 g/mol. The molecule has 0 saturated carbocycles. The van der Waals surface area contributed by atoms with Crippen molar-refractivity contribution >= 4 is 22.1 Å². The molecule has 1 aromatic heterocycles. The van der Waals surface area contributed by atoms with Crippen LogP contribution in [-0.2, 0) is 13.1 Å². The van der Waals surface area contributed by atoms with E-state index in [1.807, 2.05) is 6.20 Å². The number of rotatable bonds is 5. The van der Waals surface area contributed by atoms with Crippen LogP contribution in [0.15, 0.2) is 41.6 Å². The van der Waals surface area contributed by atoms with E-state index in [0.717, 1.165) is 15.6 Å². The highest BCUT2D eigenvalue weighted by Crippen LogP contribution is 2.17. The van der Waals surface area contributed by atoms with Gasteiger partial charge in [-0.3, -0.25) is 0 Å². The van der Waals surface area contributed by atoms with Crippen molar-refractivity contribution in [2.24, 2.45) is 0 Å². The zero-order valence-corrected chi connectivity index (χ0v) is 11.3. The molecule has 0 amide bonds. The molecular formula is C13H13BrFN3. The smallest absolute Gasteiger partial charge is 0.123 e. The summed E-state index contributed by atoms with van der Waals surface area (Å²) in [5.74, 6) is -0.227. The van der Waals surface area contributed by atoms with Crippen LogP contribution in [0.4, 0.5) is 4.39 Å². The third kappa shape index (κ3) is 3.27. The van der Waals surface area contributed by atoms with Gasteiger partial charge in [-0.2, -0.15) is 5.10 Å². The maximum absolute atomic E-state index is 13.1. The summed E-state index contributed by atoms with van der Waals surface area (Å²) in [7, 11) is 0. The van der Waals surface area contributed by atoms with E-state index >= 15 is 0 Å². The van der Waals surface area contributed by atoms with Crippen LogP contribution in [0.3, 0.4) is 0 Å². The van der Waals surface area contributed by atoms with Crippen LogP contribution < -0.4 is 5.32 Å². The summed E-state index contributed by atoms with van der Waals surface area (Å²) >= 11 is 3.40. The Kier molecular flexibility index (Phi) is 4.28. The number of aromatic nitrogens is 2. The summed E-state index contributed by atoms with van der Waals surface area (Å²) < 4.78 is 15.6. The number of nitrogens with zero attached hydrogens (tertiary/aromatic N) is 2. The standard InChI is InChI=1S/C13H13BrFN3/c1-2-18-9-10(7-17-18)6-16-8-11-5-12(15)3-4-13(11)14/h2-5,7,9,16H,1,6,8H2. The normalized spacial score (nSPS) is 10.6. The molecule has 0 aliphatic heterocycles. The molecule has 0 saturated heterocycles. The molecule has 3 nitrogen and oxygen atoms in total. The molecule has 18 heavy (non-hydrogen) atoms. The van der Waals surface area contributed by atoms with Crippen molar-refractivity contribution in [1.82, 2.24) is 15.1 Å². The Morgan fingerprint density at radius 2 is 2.28 bits per heavy atom. The number of nitrogens with one attached hydrogen (secondary N) is 1. The lowest BCUT2D eigenvalue weighted by molar-refractivity contribution is 0.619. The van der Waals surface area contributed by atoms with Gasteiger partial charge in [-0.25, -0.2) is 9.07 Å². The number of benzene rings is 1. The van der Waals surface area contributed by atoms with Gasteiger partial charge in [-0.1, -0.05) is 22.5 Å². The summed E-state index contributed by atoms with van der Waals surface area (Å²) in [5, 5.41) is 7.32. The van der Waals surface area contributed by atoms with Crippen LogP contribution in [0.2, 0.25) is 0 Å². The van der Waals surface area contributed by atoms with Gasteiger partial charge in [0.2, 0.25) is 0 Å². The maximum atomic E-state index is 13.1. The van der Waals surface area contributed by atoms with Crippen LogP contribution in [0.25, 0.3) is 6.20 Å². The van der Waals surface area contributed by atoms with Gasteiger partial charge >= 0.3 is 0 Å². The lowest BCUT2D eigenvalue weighted by atomic mass is 10.2. The van der Waals surface area contributed by atoms with Gasteiger partial charge < -0.3 is 5.32 Å². The monoisotopic (exact) mass is 309 g/mol. The Morgan fingerprint density at radius 3 is 3.00 bits per heavy atom. The van der Waals surface area contributed by atoms with Crippen molar-refractivity contribution in [3.63, 3.8) is 0 Å². The first-order valence-electron chi connectivity index (χ1n) is 5.49. The first kappa shape index (κ1) is 13.0. The Labute approximate surface area is 113 Å². The Balaban J connectivity index is 1.91. The molecule has 0 bridgehead atoms. The topological polar surface area (TPSA) is 29.9 Å². The summed E-state index contributed by atoms with van der Waals surface area (Å²) in [6.07, 6.45) is 5.29. The zero-order chi connectivity index (χ0) is 13.0. The van der Waals surface area contributed by atoms with E-state index in [1.165, 1.54) is 12.1 Å². The molecule has 2 rings (SSSR count). The minimum atomic E-state index is -0.227. The van der Waals surface area contributed by atoms with Gasteiger partial charge in [0.25, 0.3) is 0 Å². The van der Waals surface area contributed by atoms with Gasteiger partial charge in [-0.15, -0.1) is 0 Å².